The zero-order valence-electron chi connectivity index (χ0n) is 15.2. The molecule has 0 radical (unpaired) electrons. The van der Waals surface area contributed by atoms with Crippen molar-refractivity contribution in [3.05, 3.63) is 82.8 Å². The quantitative estimate of drug-likeness (QED) is 0.376. The van der Waals surface area contributed by atoms with Crippen molar-refractivity contribution >= 4 is 27.0 Å². The Labute approximate surface area is 167 Å². The first-order valence-corrected chi connectivity index (χ1v) is 9.97. The van der Waals surface area contributed by atoms with Gasteiger partial charge >= 0.3 is 0 Å². The third kappa shape index (κ3) is 3.91. The van der Waals surface area contributed by atoms with Crippen LogP contribution in [-0.2, 0) is 13.0 Å². The molecular weight excluding hydrogens is 400 g/mol. The molecule has 1 aromatic heterocycles. The lowest BCUT2D eigenvalue weighted by atomic mass is 10.2. The molecule has 0 amide bonds. The molecule has 0 saturated heterocycles. The second-order valence-electron chi connectivity index (χ2n) is 6.43. The van der Waals surface area contributed by atoms with Crippen LogP contribution in [0.25, 0.3) is 22.4 Å². The van der Waals surface area contributed by atoms with Crippen molar-refractivity contribution in [1.82, 2.24) is 9.55 Å². The Bertz CT molecular complexity index is 1050. The van der Waals surface area contributed by atoms with E-state index in [1.807, 2.05) is 30.3 Å². The summed E-state index contributed by atoms with van der Waals surface area (Å²) in [4.78, 5) is 4.86. The van der Waals surface area contributed by atoms with Crippen molar-refractivity contribution in [1.29, 1.82) is 0 Å². The van der Waals surface area contributed by atoms with Gasteiger partial charge in [-0.3, -0.25) is 0 Å². The highest BCUT2D eigenvalue weighted by molar-refractivity contribution is 9.10. The molecule has 0 fully saturated rings. The molecule has 0 saturated carbocycles. The van der Waals surface area contributed by atoms with E-state index in [4.69, 9.17) is 9.72 Å². The normalized spacial score (nSPS) is 11.0. The molecule has 3 nitrogen and oxygen atoms in total. The standard InChI is InChI=1S/C23H21BrN2O/c1-2-17-10-12-20(13-11-17)27-15-14-26-22-9-4-3-8-21(22)25-23(26)18-6-5-7-19(24)16-18/h3-13,16H,2,14-15H2,1H3. The van der Waals surface area contributed by atoms with Gasteiger partial charge < -0.3 is 9.30 Å². The molecule has 0 aliphatic carbocycles. The second kappa shape index (κ2) is 7.97. The van der Waals surface area contributed by atoms with Gasteiger partial charge in [-0.05, 0) is 48.4 Å². The Kier molecular flexibility index (Phi) is 5.26. The predicted molar refractivity (Wildman–Crippen MR) is 114 cm³/mol. The number of fused-ring (bicyclic) bond motifs is 1. The van der Waals surface area contributed by atoms with Crippen molar-refractivity contribution in [3.8, 4) is 17.1 Å². The molecule has 4 rings (SSSR count). The van der Waals surface area contributed by atoms with E-state index in [-0.39, 0.29) is 0 Å². The lowest BCUT2D eigenvalue weighted by Gasteiger charge is -2.11. The van der Waals surface area contributed by atoms with Crippen molar-refractivity contribution in [2.24, 2.45) is 0 Å². The lowest BCUT2D eigenvalue weighted by molar-refractivity contribution is 0.301. The Morgan fingerprint density at radius 2 is 1.78 bits per heavy atom. The second-order valence-corrected chi connectivity index (χ2v) is 7.35. The van der Waals surface area contributed by atoms with Gasteiger partial charge in [0.25, 0.3) is 0 Å². The molecule has 3 aromatic carbocycles. The summed E-state index contributed by atoms with van der Waals surface area (Å²) in [5.74, 6) is 1.86. The topological polar surface area (TPSA) is 27.1 Å². The molecule has 0 N–H and O–H groups in total. The number of aryl methyl sites for hydroxylation is 1. The average molecular weight is 421 g/mol. The van der Waals surface area contributed by atoms with Crippen LogP contribution < -0.4 is 4.74 Å². The minimum Gasteiger partial charge on any atom is -0.492 e. The Morgan fingerprint density at radius 3 is 2.56 bits per heavy atom. The highest BCUT2D eigenvalue weighted by Gasteiger charge is 2.12. The van der Waals surface area contributed by atoms with E-state index in [0.717, 1.165) is 45.6 Å². The van der Waals surface area contributed by atoms with Crippen LogP contribution in [-0.4, -0.2) is 16.2 Å². The molecular formula is C23H21BrN2O. The molecule has 4 heteroatoms. The van der Waals surface area contributed by atoms with Crippen LogP contribution in [0.3, 0.4) is 0 Å². The molecule has 0 aliphatic rings. The highest BCUT2D eigenvalue weighted by Crippen LogP contribution is 2.27. The molecule has 0 aliphatic heterocycles. The van der Waals surface area contributed by atoms with Gasteiger partial charge in [-0.2, -0.15) is 0 Å². The lowest BCUT2D eigenvalue weighted by Crippen LogP contribution is -2.09. The van der Waals surface area contributed by atoms with E-state index >= 15 is 0 Å². The first kappa shape index (κ1) is 17.8. The van der Waals surface area contributed by atoms with E-state index in [1.165, 1.54) is 5.56 Å². The van der Waals surface area contributed by atoms with Gasteiger partial charge in [0.2, 0.25) is 0 Å². The molecule has 136 valence electrons. The molecule has 4 aromatic rings. The number of aromatic nitrogens is 2. The van der Waals surface area contributed by atoms with Gasteiger partial charge in [0.15, 0.2) is 0 Å². The monoisotopic (exact) mass is 420 g/mol. The minimum atomic E-state index is 0.590. The van der Waals surface area contributed by atoms with Gasteiger partial charge in [0.1, 0.15) is 18.2 Å². The predicted octanol–water partition coefficient (Wildman–Crippen LogP) is 6.11. The van der Waals surface area contributed by atoms with Crippen molar-refractivity contribution in [2.45, 2.75) is 19.9 Å². The van der Waals surface area contributed by atoms with E-state index in [0.29, 0.717) is 6.61 Å². The van der Waals surface area contributed by atoms with Crippen LogP contribution in [0.1, 0.15) is 12.5 Å². The number of rotatable bonds is 6. The Morgan fingerprint density at radius 1 is 0.963 bits per heavy atom. The molecule has 0 spiro atoms. The summed E-state index contributed by atoms with van der Waals surface area (Å²) in [6.45, 7) is 3.48. The zero-order valence-corrected chi connectivity index (χ0v) is 16.8. The maximum atomic E-state index is 5.98. The number of hydrogen-bond donors (Lipinski definition) is 0. The van der Waals surface area contributed by atoms with E-state index in [9.17, 15) is 0 Å². The van der Waals surface area contributed by atoms with Gasteiger partial charge in [-0.25, -0.2) is 4.98 Å². The van der Waals surface area contributed by atoms with Crippen molar-refractivity contribution in [2.75, 3.05) is 6.61 Å². The molecule has 0 bridgehead atoms. The number of hydrogen-bond acceptors (Lipinski definition) is 2. The van der Waals surface area contributed by atoms with E-state index in [1.54, 1.807) is 0 Å². The van der Waals surface area contributed by atoms with Gasteiger partial charge in [-0.1, -0.05) is 59.3 Å². The fourth-order valence-electron chi connectivity index (χ4n) is 3.23. The van der Waals surface area contributed by atoms with E-state index in [2.05, 4.69) is 69.9 Å². The fraction of sp³-hybridized carbons (Fsp3) is 0.174. The number of halogens is 1. The van der Waals surface area contributed by atoms with Crippen molar-refractivity contribution < 1.29 is 4.74 Å². The zero-order chi connectivity index (χ0) is 18.6. The fourth-order valence-corrected chi connectivity index (χ4v) is 3.63. The first-order chi connectivity index (χ1) is 13.2. The average Bonchev–Trinajstić information content (AvgIpc) is 3.07. The molecule has 0 unspecified atom stereocenters. The first-order valence-electron chi connectivity index (χ1n) is 9.17. The van der Waals surface area contributed by atoms with Crippen LogP contribution >= 0.6 is 15.9 Å². The third-order valence-electron chi connectivity index (χ3n) is 4.65. The number of para-hydroxylation sites is 2. The van der Waals surface area contributed by atoms with Crippen LogP contribution in [0.2, 0.25) is 0 Å². The summed E-state index contributed by atoms with van der Waals surface area (Å²) in [6, 6.07) is 24.8. The summed E-state index contributed by atoms with van der Waals surface area (Å²) in [5.41, 5.74) is 4.53. The summed E-state index contributed by atoms with van der Waals surface area (Å²) < 4.78 is 9.27. The van der Waals surface area contributed by atoms with E-state index < -0.39 is 0 Å². The van der Waals surface area contributed by atoms with Crippen LogP contribution in [0, 0.1) is 0 Å². The van der Waals surface area contributed by atoms with Crippen LogP contribution in [0.5, 0.6) is 5.75 Å². The number of imidazole rings is 1. The number of nitrogens with zero attached hydrogens (tertiary/aromatic N) is 2. The summed E-state index contributed by atoms with van der Waals surface area (Å²) >= 11 is 3.56. The number of ether oxygens (including phenoxy) is 1. The molecule has 1 heterocycles. The smallest absolute Gasteiger partial charge is 0.141 e. The number of benzene rings is 3. The maximum absolute atomic E-state index is 5.98. The SMILES string of the molecule is CCc1ccc(OCCn2c(-c3cccc(Br)c3)nc3ccccc32)cc1. The summed E-state index contributed by atoms with van der Waals surface area (Å²) in [6.07, 6.45) is 1.04. The van der Waals surface area contributed by atoms with Gasteiger partial charge in [0, 0.05) is 10.0 Å². The van der Waals surface area contributed by atoms with Gasteiger partial charge in [0.05, 0.1) is 17.6 Å². The Balaban J connectivity index is 1.60. The third-order valence-corrected chi connectivity index (χ3v) is 5.15. The molecule has 0 atom stereocenters. The van der Waals surface area contributed by atoms with Crippen molar-refractivity contribution in [3.63, 3.8) is 0 Å². The summed E-state index contributed by atoms with van der Waals surface area (Å²) in [5, 5.41) is 0. The van der Waals surface area contributed by atoms with Crippen LogP contribution in [0.15, 0.2) is 77.3 Å². The maximum Gasteiger partial charge on any atom is 0.141 e. The highest BCUT2D eigenvalue weighted by atomic mass is 79.9. The summed E-state index contributed by atoms with van der Waals surface area (Å²) in [7, 11) is 0. The van der Waals surface area contributed by atoms with Crippen LogP contribution in [0.4, 0.5) is 0 Å². The largest absolute Gasteiger partial charge is 0.492 e. The van der Waals surface area contributed by atoms with Gasteiger partial charge in [-0.15, -0.1) is 0 Å². The minimum absolute atomic E-state index is 0.590. The Hall–Kier alpha value is -2.59. The molecule has 27 heavy (non-hydrogen) atoms.